The van der Waals surface area contributed by atoms with E-state index in [1.54, 1.807) is 36.0 Å². The molecule has 0 radical (unpaired) electrons. The van der Waals surface area contributed by atoms with Crippen LogP contribution in [0.3, 0.4) is 0 Å². The number of nitrogens with zero attached hydrogens (tertiary/aromatic N) is 2. The van der Waals surface area contributed by atoms with E-state index in [2.05, 4.69) is 22.1 Å². The largest absolute Gasteiger partial charge is 0.325 e. The van der Waals surface area contributed by atoms with Gasteiger partial charge in [0, 0.05) is 16.5 Å². The number of rotatable bonds is 7. The van der Waals surface area contributed by atoms with Crippen LogP contribution in [-0.4, -0.2) is 27.1 Å². The summed E-state index contributed by atoms with van der Waals surface area (Å²) in [6, 6.07) is 7.03. The fraction of sp³-hybridized carbons (Fsp3) is 0.267. The average molecular weight is 386 g/mol. The molecule has 1 heterocycles. The van der Waals surface area contributed by atoms with Crippen molar-refractivity contribution in [1.82, 2.24) is 10.2 Å². The van der Waals surface area contributed by atoms with Gasteiger partial charge < -0.3 is 5.32 Å². The van der Waals surface area contributed by atoms with Crippen LogP contribution in [0.5, 0.6) is 0 Å². The van der Waals surface area contributed by atoms with Gasteiger partial charge in [0.05, 0.1) is 5.25 Å². The highest BCUT2D eigenvalue weighted by Crippen LogP contribution is 2.32. The quantitative estimate of drug-likeness (QED) is 0.538. The molecular weight excluding hydrogens is 370 g/mol. The normalized spacial score (nSPS) is 12.0. The van der Waals surface area contributed by atoms with Crippen molar-refractivity contribution in [3.8, 4) is 0 Å². The highest BCUT2D eigenvalue weighted by Gasteiger charge is 2.17. The van der Waals surface area contributed by atoms with Gasteiger partial charge in [0.2, 0.25) is 5.91 Å². The molecule has 1 N–H and O–H groups in total. The number of halogens is 1. The van der Waals surface area contributed by atoms with E-state index in [0.29, 0.717) is 5.02 Å². The van der Waals surface area contributed by atoms with Gasteiger partial charge in [-0.15, -0.1) is 10.2 Å². The maximum atomic E-state index is 12.2. The summed E-state index contributed by atoms with van der Waals surface area (Å²) < 4.78 is 1.67. The van der Waals surface area contributed by atoms with Gasteiger partial charge in [0.15, 0.2) is 8.68 Å². The van der Waals surface area contributed by atoms with Crippen LogP contribution in [0.2, 0.25) is 5.02 Å². The average Bonchev–Trinajstić information content (AvgIpc) is 2.95. The molecule has 1 aromatic heterocycles. The van der Waals surface area contributed by atoms with Gasteiger partial charge in [0.1, 0.15) is 0 Å². The minimum Gasteiger partial charge on any atom is -0.325 e. The number of carbonyl (C=O) groups excluding carboxylic acids is 1. The van der Waals surface area contributed by atoms with Gasteiger partial charge in [-0.1, -0.05) is 58.6 Å². The smallest absolute Gasteiger partial charge is 0.237 e. The van der Waals surface area contributed by atoms with Crippen LogP contribution in [0, 0.1) is 0 Å². The van der Waals surface area contributed by atoms with Gasteiger partial charge in [-0.3, -0.25) is 4.79 Å². The van der Waals surface area contributed by atoms with Crippen molar-refractivity contribution in [3.63, 3.8) is 0 Å². The van der Waals surface area contributed by atoms with Gasteiger partial charge in [-0.05, 0) is 38.1 Å². The van der Waals surface area contributed by atoms with Crippen molar-refractivity contribution < 1.29 is 4.79 Å². The number of hydrogen-bond acceptors (Lipinski definition) is 6. The summed E-state index contributed by atoms with van der Waals surface area (Å²) in [5.74, 6) is 0.745. The Morgan fingerprint density at radius 3 is 2.65 bits per heavy atom. The molecule has 2 rings (SSSR count). The van der Waals surface area contributed by atoms with Crippen molar-refractivity contribution in [2.24, 2.45) is 0 Å². The topological polar surface area (TPSA) is 54.9 Å². The third-order valence-corrected chi connectivity index (χ3v) is 6.31. The molecular formula is C15H16ClN3OS3. The van der Waals surface area contributed by atoms with E-state index in [1.165, 1.54) is 23.1 Å². The number of nitrogens with one attached hydrogen (secondary N) is 1. The Kier molecular flexibility index (Phi) is 6.95. The SMILES string of the molecule is C=C(C)CSc1nnc(S[C@@H](C)C(=O)Nc2ccc(Cl)cc2)s1. The molecule has 4 nitrogen and oxygen atoms in total. The van der Waals surface area contributed by atoms with Crippen LogP contribution in [0.1, 0.15) is 13.8 Å². The van der Waals surface area contributed by atoms with Gasteiger partial charge in [0.25, 0.3) is 0 Å². The van der Waals surface area contributed by atoms with Crippen molar-refractivity contribution >= 4 is 58.1 Å². The van der Waals surface area contributed by atoms with Crippen molar-refractivity contribution in [1.29, 1.82) is 0 Å². The molecule has 1 atom stereocenters. The van der Waals surface area contributed by atoms with E-state index in [9.17, 15) is 4.79 Å². The molecule has 2 aromatic rings. The fourth-order valence-corrected chi connectivity index (χ4v) is 4.60. The predicted molar refractivity (Wildman–Crippen MR) is 101 cm³/mol. The summed E-state index contributed by atoms with van der Waals surface area (Å²) in [4.78, 5) is 12.2. The Morgan fingerprint density at radius 2 is 2.00 bits per heavy atom. The number of anilines is 1. The molecule has 0 spiro atoms. The molecule has 0 saturated carbocycles. The second kappa shape index (κ2) is 8.73. The van der Waals surface area contributed by atoms with Crippen molar-refractivity contribution in [3.05, 3.63) is 41.4 Å². The van der Waals surface area contributed by atoms with Crippen LogP contribution >= 0.6 is 46.5 Å². The first-order valence-corrected chi connectivity index (χ1v) is 9.84. The first kappa shape index (κ1) is 18.3. The number of benzene rings is 1. The minimum atomic E-state index is -0.266. The maximum absolute atomic E-state index is 12.2. The van der Waals surface area contributed by atoms with E-state index in [4.69, 9.17) is 11.6 Å². The second-order valence-electron chi connectivity index (χ2n) is 4.84. The maximum Gasteiger partial charge on any atom is 0.237 e. The number of carbonyl (C=O) groups is 1. The van der Waals surface area contributed by atoms with E-state index >= 15 is 0 Å². The fourth-order valence-electron chi connectivity index (χ4n) is 1.47. The molecule has 23 heavy (non-hydrogen) atoms. The second-order valence-corrected chi connectivity index (χ2v) is 9.06. The highest BCUT2D eigenvalue weighted by atomic mass is 35.5. The van der Waals surface area contributed by atoms with E-state index in [-0.39, 0.29) is 11.2 Å². The Balaban J connectivity index is 1.88. The summed E-state index contributed by atoms with van der Waals surface area (Å²) >= 11 is 10.3. The molecule has 1 amide bonds. The Hall–Kier alpha value is -1.02. The summed E-state index contributed by atoms with van der Waals surface area (Å²) in [5, 5.41) is 11.5. The zero-order valence-electron chi connectivity index (χ0n) is 12.7. The summed E-state index contributed by atoms with van der Waals surface area (Å²) in [5.41, 5.74) is 1.82. The Labute approximate surface area is 153 Å². The molecule has 0 bridgehead atoms. The van der Waals surface area contributed by atoms with Crippen molar-refractivity contribution in [2.75, 3.05) is 11.1 Å². The standard InChI is InChI=1S/C15H16ClN3OS3/c1-9(2)8-21-14-18-19-15(23-14)22-10(3)13(20)17-12-6-4-11(16)5-7-12/h4-7,10H,1,8H2,2-3H3,(H,17,20)/t10-/m0/s1. The molecule has 0 aliphatic carbocycles. The van der Waals surface area contributed by atoms with Crippen LogP contribution in [0.4, 0.5) is 5.69 Å². The van der Waals surface area contributed by atoms with Gasteiger partial charge >= 0.3 is 0 Å². The number of hydrogen-bond donors (Lipinski definition) is 1. The van der Waals surface area contributed by atoms with E-state index < -0.39 is 0 Å². The molecule has 0 saturated heterocycles. The molecule has 8 heteroatoms. The van der Waals surface area contributed by atoms with Crippen LogP contribution in [0.25, 0.3) is 0 Å². The number of aromatic nitrogens is 2. The lowest BCUT2D eigenvalue weighted by molar-refractivity contribution is -0.115. The van der Waals surface area contributed by atoms with Crippen molar-refractivity contribution in [2.45, 2.75) is 27.8 Å². The van der Waals surface area contributed by atoms with E-state index in [0.717, 1.165) is 25.7 Å². The number of amides is 1. The lowest BCUT2D eigenvalue weighted by Gasteiger charge is -2.10. The zero-order chi connectivity index (χ0) is 16.8. The van der Waals surface area contributed by atoms with Crippen LogP contribution in [0.15, 0.2) is 45.1 Å². The third kappa shape index (κ3) is 6.18. The lowest BCUT2D eigenvalue weighted by Crippen LogP contribution is -2.22. The summed E-state index contributed by atoms with van der Waals surface area (Å²) in [6.07, 6.45) is 0. The van der Waals surface area contributed by atoms with E-state index in [1.807, 2.05) is 13.8 Å². The minimum absolute atomic E-state index is 0.0799. The first-order valence-electron chi connectivity index (χ1n) is 6.78. The molecule has 0 aliphatic rings. The van der Waals surface area contributed by atoms with Gasteiger partial charge in [-0.2, -0.15) is 0 Å². The lowest BCUT2D eigenvalue weighted by atomic mass is 10.3. The molecule has 0 unspecified atom stereocenters. The monoisotopic (exact) mass is 385 g/mol. The number of thioether (sulfide) groups is 2. The Morgan fingerprint density at radius 1 is 1.35 bits per heavy atom. The molecule has 122 valence electrons. The summed E-state index contributed by atoms with van der Waals surface area (Å²) in [6.45, 7) is 7.69. The molecule has 0 aliphatic heterocycles. The first-order chi connectivity index (χ1) is 10.9. The summed E-state index contributed by atoms with van der Waals surface area (Å²) in [7, 11) is 0. The van der Waals surface area contributed by atoms with Crippen LogP contribution < -0.4 is 5.32 Å². The highest BCUT2D eigenvalue weighted by molar-refractivity contribution is 8.04. The zero-order valence-corrected chi connectivity index (χ0v) is 15.9. The van der Waals surface area contributed by atoms with Crippen LogP contribution in [-0.2, 0) is 4.79 Å². The molecule has 1 aromatic carbocycles. The third-order valence-electron chi connectivity index (χ3n) is 2.59. The molecule has 0 fully saturated rings. The Bertz CT molecular complexity index is 688. The van der Waals surface area contributed by atoms with Gasteiger partial charge in [-0.25, -0.2) is 0 Å². The predicted octanol–water partition coefficient (Wildman–Crippen LogP) is 4.98.